The Balaban J connectivity index is 1.58. The molecule has 0 saturated carbocycles. The molecule has 1 N–H and O–H groups in total. The highest BCUT2D eigenvalue weighted by Gasteiger charge is 2.20. The van der Waals surface area contributed by atoms with E-state index in [0.29, 0.717) is 17.3 Å². The summed E-state index contributed by atoms with van der Waals surface area (Å²) in [6, 6.07) is 16.9. The second-order valence-corrected chi connectivity index (χ2v) is 5.54. The van der Waals surface area contributed by atoms with E-state index in [0.717, 1.165) is 31.6 Å². The van der Waals surface area contributed by atoms with Crippen molar-refractivity contribution in [1.82, 2.24) is 0 Å². The summed E-state index contributed by atoms with van der Waals surface area (Å²) < 4.78 is 13.7. The van der Waals surface area contributed by atoms with E-state index in [-0.39, 0.29) is 5.82 Å². The van der Waals surface area contributed by atoms with Crippen molar-refractivity contribution in [2.45, 2.75) is 18.9 Å². The molecule has 1 aliphatic rings. The van der Waals surface area contributed by atoms with E-state index < -0.39 is 0 Å². The maximum absolute atomic E-state index is 13.7. The Bertz CT molecular complexity index is 667. The topological polar surface area (TPSA) is 39.1 Å². The van der Waals surface area contributed by atoms with Crippen LogP contribution in [0.1, 0.15) is 18.4 Å². The lowest BCUT2D eigenvalue weighted by atomic mass is 10.0. The van der Waals surface area contributed by atoms with Gasteiger partial charge in [0.25, 0.3) is 0 Å². The summed E-state index contributed by atoms with van der Waals surface area (Å²) in [5, 5.41) is 12.1. The van der Waals surface area contributed by atoms with Gasteiger partial charge >= 0.3 is 0 Å². The Kier molecular flexibility index (Phi) is 4.24. The smallest absolute Gasteiger partial charge is 0.146 e. The van der Waals surface area contributed by atoms with Crippen LogP contribution in [0.2, 0.25) is 0 Å². The molecule has 3 nitrogen and oxygen atoms in total. The van der Waals surface area contributed by atoms with Crippen LogP contribution in [-0.2, 0) is 0 Å². The molecule has 112 valence electrons. The van der Waals surface area contributed by atoms with Crippen LogP contribution in [-0.4, -0.2) is 19.1 Å². The van der Waals surface area contributed by atoms with Gasteiger partial charge in [0.2, 0.25) is 0 Å². The summed E-state index contributed by atoms with van der Waals surface area (Å²) >= 11 is 0. The van der Waals surface area contributed by atoms with Gasteiger partial charge in [-0.2, -0.15) is 5.26 Å². The molecular weight excluding hydrogens is 277 g/mol. The largest absolute Gasteiger partial charge is 0.380 e. The third kappa shape index (κ3) is 3.20. The van der Waals surface area contributed by atoms with Gasteiger partial charge in [0.1, 0.15) is 5.82 Å². The minimum absolute atomic E-state index is 0.197. The average Bonchev–Trinajstić information content (AvgIpc) is 2.58. The zero-order valence-corrected chi connectivity index (χ0v) is 12.3. The standard InChI is InChI=1S/C18H18FN3/c19-17-3-1-2-4-18(17)21-15-9-11-22(12-10-15)16-7-5-14(13-20)6-8-16/h1-8,15,21H,9-12H2. The molecule has 0 aliphatic carbocycles. The highest BCUT2D eigenvalue weighted by atomic mass is 19.1. The highest BCUT2D eigenvalue weighted by Crippen LogP contribution is 2.23. The number of piperidine rings is 1. The first-order valence-electron chi connectivity index (χ1n) is 7.52. The minimum atomic E-state index is -0.197. The fourth-order valence-electron chi connectivity index (χ4n) is 2.83. The van der Waals surface area contributed by atoms with Crippen molar-refractivity contribution in [3.63, 3.8) is 0 Å². The molecule has 1 saturated heterocycles. The molecule has 2 aromatic carbocycles. The maximum atomic E-state index is 13.7. The molecule has 4 heteroatoms. The molecule has 2 aromatic rings. The first-order valence-corrected chi connectivity index (χ1v) is 7.52. The monoisotopic (exact) mass is 295 g/mol. The Morgan fingerprint density at radius 2 is 1.73 bits per heavy atom. The molecule has 3 rings (SSSR count). The maximum Gasteiger partial charge on any atom is 0.146 e. The molecule has 0 bridgehead atoms. The summed E-state index contributed by atoms with van der Waals surface area (Å²) in [6.07, 6.45) is 1.93. The molecule has 22 heavy (non-hydrogen) atoms. The molecule has 0 radical (unpaired) electrons. The van der Waals surface area contributed by atoms with Crippen LogP contribution < -0.4 is 10.2 Å². The Hall–Kier alpha value is -2.54. The van der Waals surface area contributed by atoms with Crippen molar-refractivity contribution >= 4 is 11.4 Å². The van der Waals surface area contributed by atoms with E-state index in [9.17, 15) is 4.39 Å². The van der Waals surface area contributed by atoms with E-state index in [1.807, 2.05) is 30.3 Å². The summed E-state index contributed by atoms with van der Waals surface area (Å²) in [4.78, 5) is 2.31. The number of halogens is 1. The van der Waals surface area contributed by atoms with Crippen molar-refractivity contribution in [1.29, 1.82) is 5.26 Å². The lowest BCUT2D eigenvalue weighted by molar-refractivity contribution is 0.522. The number of nitriles is 1. The van der Waals surface area contributed by atoms with Gasteiger partial charge < -0.3 is 10.2 Å². The van der Waals surface area contributed by atoms with E-state index in [1.54, 1.807) is 12.1 Å². The number of hydrogen-bond donors (Lipinski definition) is 1. The average molecular weight is 295 g/mol. The number of benzene rings is 2. The molecule has 0 aromatic heterocycles. The predicted octanol–water partition coefficient (Wildman–Crippen LogP) is 3.78. The SMILES string of the molecule is N#Cc1ccc(N2CCC(Nc3ccccc3F)CC2)cc1. The molecule has 0 atom stereocenters. The third-order valence-corrected chi connectivity index (χ3v) is 4.09. The number of para-hydroxylation sites is 1. The lowest BCUT2D eigenvalue weighted by Gasteiger charge is -2.34. The summed E-state index contributed by atoms with van der Waals surface area (Å²) in [5.41, 5.74) is 2.41. The zero-order valence-electron chi connectivity index (χ0n) is 12.3. The molecule has 0 unspecified atom stereocenters. The van der Waals surface area contributed by atoms with Crippen LogP contribution in [0.15, 0.2) is 48.5 Å². The number of nitrogens with one attached hydrogen (secondary N) is 1. The Morgan fingerprint density at radius 3 is 2.36 bits per heavy atom. The predicted molar refractivity (Wildman–Crippen MR) is 86.4 cm³/mol. The van der Waals surface area contributed by atoms with Gasteiger partial charge in [-0.05, 0) is 49.2 Å². The van der Waals surface area contributed by atoms with Gasteiger partial charge in [-0.3, -0.25) is 0 Å². The van der Waals surface area contributed by atoms with E-state index >= 15 is 0 Å². The van der Waals surface area contributed by atoms with Crippen molar-refractivity contribution in [3.8, 4) is 6.07 Å². The van der Waals surface area contributed by atoms with Crippen LogP contribution in [0.5, 0.6) is 0 Å². The van der Waals surface area contributed by atoms with Gasteiger partial charge in [-0.15, -0.1) is 0 Å². The van der Waals surface area contributed by atoms with Gasteiger partial charge in [0, 0.05) is 24.8 Å². The van der Waals surface area contributed by atoms with Crippen molar-refractivity contribution < 1.29 is 4.39 Å². The van der Waals surface area contributed by atoms with Gasteiger partial charge in [-0.1, -0.05) is 12.1 Å². The first-order chi connectivity index (χ1) is 10.8. The molecule has 1 fully saturated rings. The van der Waals surface area contributed by atoms with Crippen molar-refractivity contribution in [2.24, 2.45) is 0 Å². The minimum Gasteiger partial charge on any atom is -0.380 e. The molecule has 0 amide bonds. The van der Waals surface area contributed by atoms with Crippen LogP contribution in [0.3, 0.4) is 0 Å². The fourth-order valence-corrected chi connectivity index (χ4v) is 2.83. The fraction of sp³-hybridized carbons (Fsp3) is 0.278. The van der Waals surface area contributed by atoms with Crippen molar-refractivity contribution in [3.05, 3.63) is 59.9 Å². The van der Waals surface area contributed by atoms with Crippen molar-refractivity contribution in [2.75, 3.05) is 23.3 Å². The summed E-state index contributed by atoms with van der Waals surface area (Å²) in [7, 11) is 0. The van der Waals surface area contributed by atoms with E-state index in [4.69, 9.17) is 5.26 Å². The first kappa shape index (κ1) is 14.4. The number of anilines is 2. The second kappa shape index (κ2) is 6.48. The number of nitrogens with zero attached hydrogens (tertiary/aromatic N) is 2. The molecular formula is C18H18FN3. The quantitative estimate of drug-likeness (QED) is 0.936. The zero-order chi connectivity index (χ0) is 15.4. The van der Waals surface area contributed by atoms with Crippen LogP contribution in [0.25, 0.3) is 0 Å². The molecule has 0 spiro atoms. The number of hydrogen-bond acceptors (Lipinski definition) is 3. The van der Waals surface area contributed by atoms with Gasteiger partial charge in [0.05, 0.1) is 17.3 Å². The summed E-state index contributed by atoms with van der Waals surface area (Å²) in [6.45, 7) is 1.86. The van der Waals surface area contributed by atoms with E-state index in [1.165, 1.54) is 6.07 Å². The van der Waals surface area contributed by atoms with Crippen LogP contribution in [0.4, 0.5) is 15.8 Å². The van der Waals surface area contributed by atoms with Gasteiger partial charge in [0.15, 0.2) is 0 Å². The third-order valence-electron chi connectivity index (χ3n) is 4.09. The molecule has 1 aliphatic heterocycles. The highest BCUT2D eigenvalue weighted by molar-refractivity contribution is 5.51. The van der Waals surface area contributed by atoms with Gasteiger partial charge in [-0.25, -0.2) is 4.39 Å². The van der Waals surface area contributed by atoms with Crippen LogP contribution in [0, 0.1) is 17.1 Å². The number of rotatable bonds is 3. The van der Waals surface area contributed by atoms with E-state index in [2.05, 4.69) is 16.3 Å². The Morgan fingerprint density at radius 1 is 1.05 bits per heavy atom. The Labute approximate surface area is 130 Å². The second-order valence-electron chi connectivity index (χ2n) is 5.54. The lowest BCUT2D eigenvalue weighted by Crippen LogP contribution is -2.39. The normalized spacial score (nSPS) is 15.4. The summed E-state index contributed by atoms with van der Waals surface area (Å²) in [5.74, 6) is -0.197. The molecule has 1 heterocycles. The van der Waals surface area contributed by atoms with Crippen LogP contribution >= 0.6 is 0 Å².